The predicted molar refractivity (Wildman–Crippen MR) is 91.7 cm³/mol. The fraction of sp³-hybridized carbons (Fsp3) is 0.333. The number of carboxylic acid groups (broad SMARTS) is 1. The van der Waals surface area contributed by atoms with Gasteiger partial charge in [0.25, 0.3) is 0 Å². The average Bonchev–Trinajstić information content (AvgIpc) is 3.00. The first-order chi connectivity index (χ1) is 11.1. The highest BCUT2D eigenvalue weighted by molar-refractivity contribution is 8.00. The monoisotopic (exact) mass is 329 g/mol. The Morgan fingerprint density at radius 2 is 1.96 bits per heavy atom. The first-order valence-electron chi connectivity index (χ1n) is 7.76. The third-order valence-electron chi connectivity index (χ3n) is 4.19. The van der Waals surface area contributed by atoms with Gasteiger partial charge in [-0.25, -0.2) is 0 Å². The third-order valence-corrected chi connectivity index (χ3v) is 5.17. The highest BCUT2D eigenvalue weighted by Crippen LogP contribution is 2.26. The van der Waals surface area contributed by atoms with Gasteiger partial charge in [0, 0.05) is 17.5 Å². The number of thioether (sulfide) groups is 1. The van der Waals surface area contributed by atoms with Crippen molar-refractivity contribution in [3.63, 3.8) is 0 Å². The molecule has 2 aromatic rings. The number of benzene rings is 2. The molecule has 0 radical (unpaired) electrons. The second-order valence-corrected chi connectivity index (χ2v) is 6.83. The summed E-state index contributed by atoms with van der Waals surface area (Å²) in [6.45, 7) is 0.676. The van der Waals surface area contributed by atoms with Gasteiger partial charge in [0.2, 0.25) is 5.91 Å². The smallest absolute Gasteiger partial charge is 0.305 e. The summed E-state index contributed by atoms with van der Waals surface area (Å²) in [5, 5.41) is 11.3. The van der Waals surface area contributed by atoms with Crippen molar-refractivity contribution in [3.8, 4) is 0 Å². The van der Waals surface area contributed by atoms with E-state index in [1.807, 2.05) is 18.2 Å². The zero-order valence-electron chi connectivity index (χ0n) is 12.8. The van der Waals surface area contributed by atoms with Crippen LogP contribution >= 0.6 is 11.8 Å². The van der Waals surface area contributed by atoms with Gasteiger partial charge < -0.3 is 10.0 Å². The largest absolute Gasteiger partial charge is 0.481 e. The topological polar surface area (TPSA) is 57.6 Å². The molecule has 4 nitrogen and oxygen atoms in total. The maximum atomic E-state index is 12.4. The number of fused-ring (bicyclic) bond motifs is 1. The fourth-order valence-corrected chi connectivity index (χ4v) is 3.89. The van der Waals surface area contributed by atoms with E-state index >= 15 is 0 Å². The van der Waals surface area contributed by atoms with E-state index in [2.05, 4.69) is 24.3 Å². The maximum Gasteiger partial charge on any atom is 0.305 e. The predicted octanol–water partition coefficient (Wildman–Crippen LogP) is 3.40. The summed E-state index contributed by atoms with van der Waals surface area (Å²) in [5.41, 5.74) is 0. The van der Waals surface area contributed by atoms with E-state index in [9.17, 15) is 9.59 Å². The lowest BCUT2D eigenvalue weighted by atomic mass is 10.1. The van der Waals surface area contributed by atoms with Crippen LogP contribution in [-0.4, -0.2) is 40.2 Å². The van der Waals surface area contributed by atoms with Gasteiger partial charge in [-0.05, 0) is 35.7 Å². The van der Waals surface area contributed by atoms with Gasteiger partial charge in [-0.1, -0.05) is 30.3 Å². The van der Waals surface area contributed by atoms with Gasteiger partial charge in [-0.3, -0.25) is 9.59 Å². The zero-order valence-corrected chi connectivity index (χ0v) is 13.6. The molecule has 1 amide bonds. The number of likely N-dealkylation sites (tertiary alicyclic amines) is 1. The first-order valence-corrected chi connectivity index (χ1v) is 8.75. The van der Waals surface area contributed by atoms with E-state index in [1.54, 1.807) is 4.90 Å². The number of aliphatic carboxylic acids is 1. The number of carboxylic acids is 1. The van der Waals surface area contributed by atoms with E-state index in [-0.39, 0.29) is 18.4 Å². The van der Waals surface area contributed by atoms with Crippen LogP contribution in [0.4, 0.5) is 0 Å². The van der Waals surface area contributed by atoms with Crippen molar-refractivity contribution in [1.82, 2.24) is 4.90 Å². The van der Waals surface area contributed by atoms with Crippen molar-refractivity contribution >= 4 is 34.4 Å². The summed E-state index contributed by atoms with van der Waals surface area (Å²) in [6, 6.07) is 14.2. The van der Waals surface area contributed by atoms with Crippen LogP contribution in [-0.2, 0) is 9.59 Å². The Morgan fingerprint density at radius 1 is 1.17 bits per heavy atom. The van der Waals surface area contributed by atoms with Gasteiger partial charge in [0.15, 0.2) is 0 Å². The number of rotatable bonds is 5. The van der Waals surface area contributed by atoms with Crippen LogP contribution in [0.1, 0.15) is 19.3 Å². The van der Waals surface area contributed by atoms with Gasteiger partial charge in [-0.15, -0.1) is 11.8 Å². The summed E-state index contributed by atoms with van der Waals surface area (Å²) in [6.07, 6.45) is 1.73. The van der Waals surface area contributed by atoms with Crippen LogP contribution in [0.3, 0.4) is 0 Å². The second-order valence-electron chi connectivity index (χ2n) is 5.78. The van der Waals surface area contributed by atoms with Crippen molar-refractivity contribution in [2.75, 3.05) is 12.3 Å². The van der Waals surface area contributed by atoms with Gasteiger partial charge in [0.05, 0.1) is 12.2 Å². The highest BCUT2D eigenvalue weighted by atomic mass is 32.2. The normalized spacial score (nSPS) is 17.6. The number of amides is 1. The molecule has 1 saturated heterocycles. The molecule has 2 aromatic carbocycles. The lowest BCUT2D eigenvalue weighted by molar-refractivity contribution is -0.139. The minimum atomic E-state index is -0.836. The first kappa shape index (κ1) is 15.9. The van der Waals surface area contributed by atoms with Crippen LogP contribution in [0.5, 0.6) is 0 Å². The van der Waals surface area contributed by atoms with E-state index < -0.39 is 5.97 Å². The molecule has 120 valence electrons. The number of hydrogen-bond donors (Lipinski definition) is 1. The van der Waals surface area contributed by atoms with Crippen molar-refractivity contribution < 1.29 is 14.7 Å². The molecule has 1 aliphatic heterocycles. The molecule has 0 aromatic heterocycles. The summed E-state index contributed by atoms with van der Waals surface area (Å²) in [7, 11) is 0. The Labute approximate surface area is 139 Å². The molecule has 0 aliphatic carbocycles. The molecule has 1 unspecified atom stereocenters. The van der Waals surface area contributed by atoms with Crippen molar-refractivity contribution in [3.05, 3.63) is 42.5 Å². The average molecular weight is 329 g/mol. The van der Waals surface area contributed by atoms with E-state index in [1.165, 1.54) is 17.1 Å². The van der Waals surface area contributed by atoms with Crippen LogP contribution in [0.25, 0.3) is 10.8 Å². The van der Waals surface area contributed by atoms with Crippen LogP contribution in [0.15, 0.2) is 47.4 Å². The fourth-order valence-electron chi connectivity index (χ4n) is 3.06. The van der Waals surface area contributed by atoms with E-state index in [0.717, 1.165) is 23.1 Å². The molecule has 1 atom stereocenters. The van der Waals surface area contributed by atoms with Crippen molar-refractivity contribution in [2.24, 2.45) is 0 Å². The highest BCUT2D eigenvalue weighted by Gasteiger charge is 2.30. The van der Waals surface area contributed by atoms with Gasteiger partial charge in [-0.2, -0.15) is 0 Å². The standard InChI is InChI=1S/C18H19NO3S/c20-17(19-9-3-6-15(19)11-18(21)22)12-23-16-8-7-13-4-1-2-5-14(13)10-16/h1-2,4-5,7-8,10,15H,3,6,9,11-12H2,(H,21,22). The quantitative estimate of drug-likeness (QED) is 0.854. The minimum absolute atomic E-state index is 0.0342. The Hall–Kier alpha value is -2.01. The molecular formula is C18H19NO3S. The van der Waals surface area contributed by atoms with Crippen LogP contribution in [0, 0.1) is 0 Å². The molecule has 23 heavy (non-hydrogen) atoms. The third kappa shape index (κ3) is 3.85. The summed E-state index contributed by atoms with van der Waals surface area (Å²) < 4.78 is 0. The molecule has 5 heteroatoms. The number of hydrogen-bond acceptors (Lipinski definition) is 3. The maximum absolute atomic E-state index is 12.4. The molecule has 1 heterocycles. The summed E-state index contributed by atoms with van der Waals surface area (Å²) in [5.74, 6) is -0.446. The van der Waals surface area contributed by atoms with E-state index in [0.29, 0.717) is 12.3 Å². The number of carbonyl (C=O) groups excluding carboxylic acids is 1. The molecule has 0 bridgehead atoms. The van der Waals surface area contributed by atoms with Crippen LogP contribution in [0.2, 0.25) is 0 Å². The zero-order chi connectivity index (χ0) is 16.2. The molecule has 1 aliphatic rings. The minimum Gasteiger partial charge on any atom is -0.481 e. The SMILES string of the molecule is O=C(O)CC1CCCN1C(=O)CSc1ccc2ccccc2c1. The molecule has 1 fully saturated rings. The number of carbonyl (C=O) groups is 2. The van der Waals surface area contributed by atoms with Gasteiger partial charge in [0.1, 0.15) is 0 Å². The summed E-state index contributed by atoms with van der Waals surface area (Å²) in [4.78, 5) is 26.1. The number of nitrogens with zero attached hydrogens (tertiary/aromatic N) is 1. The Balaban J connectivity index is 1.62. The molecule has 3 rings (SSSR count). The molecular weight excluding hydrogens is 310 g/mol. The van der Waals surface area contributed by atoms with E-state index in [4.69, 9.17) is 5.11 Å². The lowest BCUT2D eigenvalue weighted by Gasteiger charge is -2.23. The molecule has 0 spiro atoms. The van der Waals surface area contributed by atoms with Crippen molar-refractivity contribution in [1.29, 1.82) is 0 Å². The van der Waals surface area contributed by atoms with Gasteiger partial charge >= 0.3 is 5.97 Å². The van der Waals surface area contributed by atoms with Crippen LogP contribution < -0.4 is 0 Å². The Bertz CT molecular complexity index is 731. The Morgan fingerprint density at radius 3 is 2.74 bits per heavy atom. The molecule has 0 saturated carbocycles. The van der Waals surface area contributed by atoms with Crippen molar-refractivity contribution in [2.45, 2.75) is 30.2 Å². The Kier molecular flexibility index (Phi) is 4.86. The molecule has 1 N–H and O–H groups in total. The summed E-state index contributed by atoms with van der Waals surface area (Å²) >= 11 is 1.51. The second kappa shape index (κ2) is 7.04. The lowest BCUT2D eigenvalue weighted by Crippen LogP contribution is -2.37.